The molecule has 2 atom stereocenters. The molecule has 0 amide bonds. The highest BCUT2D eigenvalue weighted by atomic mass is 79.9. The van der Waals surface area contributed by atoms with E-state index in [1.165, 1.54) is 12.8 Å². The van der Waals surface area contributed by atoms with E-state index in [-0.39, 0.29) is 5.37 Å². The number of nitrogens with one attached hydrogen (secondary N) is 1. The fourth-order valence-corrected chi connectivity index (χ4v) is 4.44. The van der Waals surface area contributed by atoms with Gasteiger partial charge in [-0.05, 0) is 47.0 Å². The summed E-state index contributed by atoms with van der Waals surface area (Å²) < 4.78 is 12.6. The molecule has 1 aromatic rings. The Balaban J connectivity index is 2.09. The standard InChI is InChI=1S/C18H26BrNO4S/c1-3-5-6-7-8-24-16-13(19)9-12(10-15(16)23-4-2)17-20-14(11-25-17)18(21)22/h9-10,14,17,20H,3-8,11H2,1-2H3,(H,21,22). The monoisotopic (exact) mass is 431 g/mol. The Kier molecular flexibility index (Phi) is 8.39. The maximum Gasteiger partial charge on any atom is 0.321 e. The van der Waals surface area contributed by atoms with Crippen molar-refractivity contribution in [3.8, 4) is 11.5 Å². The quantitative estimate of drug-likeness (QED) is 0.527. The number of hydrogen-bond donors (Lipinski definition) is 2. The summed E-state index contributed by atoms with van der Waals surface area (Å²) in [5, 5.41) is 12.2. The molecule has 0 spiro atoms. The van der Waals surface area contributed by atoms with Crippen LogP contribution in [0.25, 0.3) is 0 Å². The minimum Gasteiger partial charge on any atom is -0.490 e. The number of ether oxygens (including phenoxy) is 2. The van der Waals surface area contributed by atoms with E-state index in [9.17, 15) is 4.79 Å². The first-order valence-electron chi connectivity index (χ1n) is 8.76. The number of halogens is 1. The summed E-state index contributed by atoms with van der Waals surface area (Å²) in [6.45, 7) is 5.34. The van der Waals surface area contributed by atoms with Crippen LogP contribution in [0.3, 0.4) is 0 Å². The molecular weight excluding hydrogens is 406 g/mol. The molecule has 0 saturated carbocycles. The predicted octanol–water partition coefficient (Wildman–Crippen LogP) is 4.60. The second-order valence-electron chi connectivity index (χ2n) is 5.94. The highest BCUT2D eigenvalue weighted by molar-refractivity contribution is 9.10. The van der Waals surface area contributed by atoms with Crippen LogP contribution in [0.4, 0.5) is 0 Å². The Morgan fingerprint density at radius 3 is 2.76 bits per heavy atom. The summed E-state index contributed by atoms with van der Waals surface area (Å²) >= 11 is 5.17. The number of benzene rings is 1. The summed E-state index contributed by atoms with van der Waals surface area (Å²) in [6.07, 6.45) is 4.60. The molecule has 140 valence electrons. The Morgan fingerprint density at radius 2 is 2.12 bits per heavy atom. The van der Waals surface area contributed by atoms with Crippen LogP contribution in [0.5, 0.6) is 11.5 Å². The highest BCUT2D eigenvalue weighted by Gasteiger charge is 2.31. The summed E-state index contributed by atoms with van der Waals surface area (Å²) in [4.78, 5) is 11.1. The fourth-order valence-electron chi connectivity index (χ4n) is 2.65. The predicted molar refractivity (Wildman–Crippen MR) is 105 cm³/mol. The number of carbonyl (C=O) groups is 1. The SMILES string of the molecule is CCCCCCOc1c(Br)cc(C2NC(C(=O)O)CS2)cc1OCC. The van der Waals surface area contributed by atoms with Gasteiger partial charge in [-0.15, -0.1) is 11.8 Å². The zero-order valence-electron chi connectivity index (χ0n) is 14.7. The molecule has 5 nitrogen and oxygen atoms in total. The normalized spacial score (nSPS) is 19.8. The van der Waals surface area contributed by atoms with Crippen molar-refractivity contribution in [3.63, 3.8) is 0 Å². The number of carboxylic acids is 1. The molecule has 1 aliphatic rings. The number of rotatable bonds is 10. The summed E-state index contributed by atoms with van der Waals surface area (Å²) in [6, 6.07) is 3.42. The van der Waals surface area contributed by atoms with E-state index in [1.807, 2.05) is 19.1 Å². The minimum atomic E-state index is -0.814. The van der Waals surface area contributed by atoms with Gasteiger partial charge in [-0.1, -0.05) is 26.2 Å². The number of carboxylic acid groups (broad SMARTS) is 1. The van der Waals surface area contributed by atoms with Crippen LogP contribution in [0.2, 0.25) is 0 Å². The lowest BCUT2D eigenvalue weighted by Gasteiger charge is -2.18. The molecule has 0 bridgehead atoms. The molecule has 1 aliphatic heterocycles. The van der Waals surface area contributed by atoms with E-state index in [4.69, 9.17) is 14.6 Å². The van der Waals surface area contributed by atoms with Gasteiger partial charge in [0.05, 0.1) is 23.1 Å². The fraction of sp³-hybridized carbons (Fsp3) is 0.611. The lowest BCUT2D eigenvalue weighted by Crippen LogP contribution is -2.33. The summed E-state index contributed by atoms with van der Waals surface area (Å²) in [7, 11) is 0. The van der Waals surface area contributed by atoms with E-state index < -0.39 is 12.0 Å². The second kappa shape index (κ2) is 10.3. The van der Waals surface area contributed by atoms with Gasteiger partial charge in [0, 0.05) is 5.75 Å². The molecule has 0 aliphatic carbocycles. The average molecular weight is 432 g/mol. The van der Waals surface area contributed by atoms with Crippen LogP contribution in [-0.2, 0) is 4.79 Å². The van der Waals surface area contributed by atoms with Crippen LogP contribution in [0.15, 0.2) is 16.6 Å². The van der Waals surface area contributed by atoms with Crippen molar-refractivity contribution in [1.29, 1.82) is 0 Å². The van der Waals surface area contributed by atoms with Gasteiger partial charge in [-0.2, -0.15) is 0 Å². The number of thioether (sulfide) groups is 1. The lowest BCUT2D eigenvalue weighted by atomic mass is 10.2. The first kappa shape index (κ1) is 20.4. The average Bonchev–Trinajstić information content (AvgIpc) is 3.07. The van der Waals surface area contributed by atoms with Crippen molar-refractivity contribution < 1.29 is 19.4 Å². The second-order valence-corrected chi connectivity index (χ2v) is 7.94. The highest BCUT2D eigenvalue weighted by Crippen LogP contribution is 2.42. The van der Waals surface area contributed by atoms with Crippen molar-refractivity contribution >= 4 is 33.7 Å². The first-order valence-corrected chi connectivity index (χ1v) is 10.6. The van der Waals surface area contributed by atoms with Crippen LogP contribution in [-0.4, -0.2) is 36.1 Å². The largest absolute Gasteiger partial charge is 0.490 e. The number of unbranched alkanes of at least 4 members (excludes halogenated alkanes) is 3. The molecule has 2 rings (SSSR count). The van der Waals surface area contributed by atoms with Crippen molar-refractivity contribution in [2.75, 3.05) is 19.0 Å². The van der Waals surface area contributed by atoms with Crippen molar-refractivity contribution in [2.24, 2.45) is 0 Å². The molecule has 2 unspecified atom stereocenters. The number of aliphatic carboxylic acids is 1. The topological polar surface area (TPSA) is 67.8 Å². The van der Waals surface area contributed by atoms with Gasteiger partial charge in [0.25, 0.3) is 0 Å². The molecule has 0 aromatic heterocycles. The summed E-state index contributed by atoms with van der Waals surface area (Å²) in [5.74, 6) is 1.16. The summed E-state index contributed by atoms with van der Waals surface area (Å²) in [5.41, 5.74) is 0.988. The van der Waals surface area contributed by atoms with Crippen LogP contribution >= 0.6 is 27.7 Å². The molecule has 1 aromatic carbocycles. The molecule has 7 heteroatoms. The third kappa shape index (κ3) is 5.79. The lowest BCUT2D eigenvalue weighted by molar-refractivity contribution is -0.138. The van der Waals surface area contributed by atoms with Gasteiger partial charge >= 0.3 is 5.97 Å². The maximum absolute atomic E-state index is 11.1. The molecule has 1 saturated heterocycles. The van der Waals surface area contributed by atoms with Gasteiger partial charge < -0.3 is 14.6 Å². The van der Waals surface area contributed by atoms with E-state index in [2.05, 4.69) is 28.2 Å². The van der Waals surface area contributed by atoms with E-state index in [0.29, 0.717) is 24.7 Å². The van der Waals surface area contributed by atoms with Crippen LogP contribution < -0.4 is 14.8 Å². The molecule has 1 fully saturated rings. The Labute approximate surface area is 162 Å². The van der Waals surface area contributed by atoms with Gasteiger partial charge in [-0.3, -0.25) is 10.1 Å². The smallest absolute Gasteiger partial charge is 0.321 e. The molecule has 25 heavy (non-hydrogen) atoms. The third-order valence-electron chi connectivity index (χ3n) is 3.96. The molecule has 0 radical (unpaired) electrons. The Bertz CT molecular complexity index is 584. The van der Waals surface area contributed by atoms with E-state index >= 15 is 0 Å². The zero-order valence-corrected chi connectivity index (χ0v) is 17.1. The van der Waals surface area contributed by atoms with E-state index in [0.717, 1.165) is 28.6 Å². The maximum atomic E-state index is 11.1. The van der Waals surface area contributed by atoms with Crippen LogP contribution in [0, 0.1) is 0 Å². The Hall–Kier alpha value is -0.920. The Morgan fingerprint density at radius 1 is 1.32 bits per heavy atom. The van der Waals surface area contributed by atoms with Gasteiger partial charge in [0.15, 0.2) is 11.5 Å². The molecular formula is C18H26BrNO4S. The van der Waals surface area contributed by atoms with Crippen molar-refractivity contribution in [2.45, 2.75) is 50.9 Å². The van der Waals surface area contributed by atoms with Gasteiger partial charge in [0.2, 0.25) is 0 Å². The van der Waals surface area contributed by atoms with Crippen molar-refractivity contribution in [3.05, 3.63) is 22.2 Å². The minimum absolute atomic E-state index is 0.0600. The van der Waals surface area contributed by atoms with Crippen LogP contribution in [0.1, 0.15) is 50.5 Å². The molecule has 2 N–H and O–H groups in total. The first-order chi connectivity index (χ1) is 12.1. The number of hydrogen-bond acceptors (Lipinski definition) is 5. The van der Waals surface area contributed by atoms with Gasteiger partial charge in [-0.25, -0.2) is 0 Å². The zero-order chi connectivity index (χ0) is 18.2. The van der Waals surface area contributed by atoms with Crippen molar-refractivity contribution in [1.82, 2.24) is 5.32 Å². The third-order valence-corrected chi connectivity index (χ3v) is 5.82. The molecule has 1 heterocycles. The van der Waals surface area contributed by atoms with E-state index in [1.54, 1.807) is 11.8 Å². The van der Waals surface area contributed by atoms with Gasteiger partial charge in [0.1, 0.15) is 6.04 Å².